The van der Waals surface area contributed by atoms with Crippen LogP contribution in [0.25, 0.3) is 0 Å². The van der Waals surface area contributed by atoms with E-state index in [-0.39, 0.29) is 10.6 Å². The first-order chi connectivity index (χ1) is 9.81. The number of aryl methyl sites for hydroxylation is 2. The van der Waals surface area contributed by atoms with Crippen molar-refractivity contribution in [3.05, 3.63) is 69.3 Å². The van der Waals surface area contributed by atoms with Crippen LogP contribution in [0.1, 0.15) is 30.5 Å². The average Bonchev–Trinajstić information content (AvgIpc) is 2.41. The van der Waals surface area contributed by atoms with Gasteiger partial charge in [0.25, 0.3) is 5.69 Å². The van der Waals surface area contributed by atoms with Crippen LogP contribution in [-0.4, -0.2) is 4.92 Å². The highest BCUT2D eigenvalue weighted by Gasteiger charge is 2.24. The first-order valence-corrected chi connectivity index (χ1v) is 6.90. The van der Waals surface area contributed by atoms with Crippen LogP contribution in [0.3, 0.4) is 0 Å². The van der Waals surface area contributed by atoms with E-state index in [1.165, 1.54) is 17.2 Å². The number of nitro benzene ring substituents is 1. The summed E-state index contributed by atoms with van der Waals surface area (Å²) in [5.41, 5.74) is 3.78. The Balaban J connectivity index is 2.37. The van der Waals surface area contributed by atoms with E-state index in [9.17, 15) is 10.1 Å². The lowest BCUT2D eigenvalue weighted by Gasteiger charge is -2.28. The van der Waals surface area contributed by atoms with Crippen LogP contribution in [0, 0.1) is 24.0 Å². The van der Waals surface area contributed by atoms with E-state index in [1.54, 1.807) is 18.2 Å². The predicted octanol–water partition coefficient (Wildman–Crippen LogP) is 4.56. The van der Waals surface area contributed by atoms with Crippen LogP contribution < -0.4 is 5.32 Å². The second-order valence-corrected chi connectivity index (χ2v) is 5.82. The van der Waals surface area contributed by atoms with Gasteiger partial charge >= 0.3 is 0 Å². The van der Waals surface area contributed by atoms with E-state index < -0.39 is 5.54 Å². The second kappa shape index (κ2) is 5.56. The highest BCUT2D eigenvalue weighted by Crippen LogP contribution is 2.31. The monoisotopic (exact) mass is 284 g/mol. The Kier molecular flexibility index (Phi) is 3.98. The molecule has 0 heterocycles. The zero-order chi connectivity index (χ0) is 15.6. The third-order valence-electron chi connectivity index (χ3n) is 3.78. The second-order valence-electron chi connectivity index (χ2n) is 5.82. The van der Waals surface area contributed by atoms with Crippen LogP contribution in [0.15, 0.2) is 42.5 Å². The standard InChI is InChI=1S/C17H20N2O2/c1-12-9-10-14(11-13(12)2)17(3,4)18-15-7-5-6-8-16(15)19(20)21/h5-11,18H,1-4H3. The van der Waals surface area contributed by atoms with Crippen molar-refractivity contribution in [2.24, 2.45) is 0 Å². The fourth-order valence-electron chi connectivity index (χ4n) is 2.28. The molecule has 0 radical (unpaired) electrons. The molecule has 0 amide bonds. The molecule has 0 saturated carbocycles. The van der Waals surface area contributed by atoms with Crippen LogP contribution >= 0.6 is 0 Å². The van der Waals surface area contributed by atoms with Gasteiger partial charge in [0.1, 0.15) is 5.69 Å². The van der Waals surface area contributed by atoms with Gasteiger partial charge in [-0.1, -0.05) is 30.3 Å². The summed E-state index contributed by atoms with van der Waals surface area (Å²) < 4.78 is 0. The molecule has 0 aromatic heterocycles. The van der Waals surface area contributed by atoms with Crippen LogP contribution in [0.2, 0.25) is 0 Å². The van der Waals surface area contributed by atoms with Gasteiger partial charge in [0.15, 0.2) is 0 Å². The Labute approximate surface area is 125 Å². The topological polar surface area (TPSA) is 55.2 Å². The fraction of sp³-hybridized carbons (Fsp3) is 0.294. The van der Waals surface area contributed by atoms with E-state index >= 15 is 0 Å². The zero-order valence-electron chi connectivity index (χ0n) is 12.8. The van der Waals surface area contributed by atoms with Crippen molar-refractivity contribution in [1.29, 1.82) is 0 Å². The molecule has 21 heavy (non-hydrogen) atoms. The molecule has 4 nitrogen and oxygen atoms in total. The summed E-state index contributed by atoms with van der Waals surface area (Å²) in [6, 6.07) is 13.0. The lowest BCUT2D eigenvalue weighted by atomic mass is 9.91. The number of nitro groups is 1. The minimum Gasteiger partial charge on any atom is -0.371 e. The van der Waals surface area contributed by atoms with Gasteiger partial charge in [0, 0.05) is 6.07 Å². The molecule has 0 bridgehead atoms. The molecule has 0 fully saturated rings. The van der Waals surface area contributed by atoms with Crippen LogP contribution in [0.5, 0.6) is 0 Å². The van der Waals surface area contributed by atoms with Gasteiger partial charge in [-0.2, -0.15) is 0 Å². The normalized spacial score (nSPS) is 11.2. The molecule has 1 N–H and O–H groups in total. The van der Waals surface area contributed by atoms with E-state index in [2.05, 4.69) is 37.4 Å². The Morgan fingerprint density at radius 1 is 1.05 bits per heavy atom. The maximum absolute atomic E-state index is 11.1. The van der Waals surface area contributed by atoms with Gasteiger partial charge in [-0.05, 0) is 50.5 Å². The van der Waals surface area contributed by atoms with Gasteiger partial charge in [-0.15, -0.1) is 0 Å². The smallest absolute Gasteiger partial charge is 0.292 e. The number of benzene rings is 2. The molecule has 0 aliphatic heterocycles. The van der Waals surface area contributed by atoms with Crippen molar-refractivity contribution in [2.75, 3.05) is 5.32 Å². The van der Waals surface area contributed by atoms with E-state index in [0.29, 0.717) is 5.69 Å². The van der Waals surface area contributed by atoms with E-state index in [4.69, 9.17) is 0 Å². The van der Waals surface area contributed by atoms with E-state index in [1.807, 2.05) is 13.8 Å². The maximum atomic E-state index is 11.1. The molecule has 0 saturated heterocycles. The lowest BCUT2D eigenvalue weighted by molar-refractivity contribution is -0.384. The van der Waals surface area contributed by atoms with Gasteiger partial charge in [-0.25, -0.2) is 0 Å². The number of anilines is 1. The largest absolute Gasteiger partial charge is 0.371 e. The molecule has 110 valence electrons. The van der Waals surface area contributed by atoms with Crippen molar-refractivity contribution in [1.82, 2.24) is 0 Å². The number of nitrogens with one attached hydrogen (secondary N) is 1. The molecule has 2 rings (SSSR count). The summed E-state index contributed by atoms with van der Waals surface area (Å²) in [5.74, 6) is 0. The molecule has 4 heteroatoms. The molecular formula is C17H20N2O2. The SMILES string of the molecule is Cc1ccc(C(C)(C)Nc2ccccc2[N+](=O)[O-])cc1C. The summed E-state index contributed by atoms with van der Waals surface area (Å²) >= 11 is 0. The van der Waals surface area contributed by atoms with Crippen molar-refractivity contribution in [3.63, 3.8) is 0 Å². The number of nitrogens with zero attached hydrogens (tertiary/aromatic N) is 1. The van der Waals surface area contributed by atoms with E-state index in [0.717, 1.165) is 5.56 Å². The molecule has 0 atom stereocenters. The summed E-state index contributed by atoms with van der Waals surface area (Å²) in [5, 5.41) is 14.4. The molecule has 0 aliphatic rings. The number of para-hydroxylation sites is 2. The zero-order valence-corrected chi connectivity index (χ0v) is 12.8. The Bertz CT molecular complexity index is 678. The minimum atomic E-state index is -0.398. The van der Waals surface area contributed by atoms with Crippen molar-refractivity contribution in [2.45, 2.75) is 33.2 Å². The molecule has 0 spiro atoms. The highest BCUT2D eigenvalue weighted by atomic mass is 16.6. The lowest BCUT2D eigenvalue weighted by Crippen LogP contribution is -2.28. The van der Waals surface area contributed by atoms with Gasteiger partial charge in [-0.3, -0.25) is 10.1 Å². The third-order valence-corrected chi connectivity index (χ3v) is 3.78. The van der Waals surface area contributed by atoms with Crippen molar-refractivity contribution < 1.29 is 4.92 Å². The predicted molar refractivity (Wildman–Crippen MR) is 85.7 cm³/mol. The van der Waals surface area contributed by atoms with Gasteiger partial charge < -0.3 is 5.32 Å². The van der Waals surface area contributed by atoms with Crippen molar-refractivity contribution in [3.8, 4) is 0 Å². The Hall–Kier alpha value is -2.36. The highest BCUT2D eigenvalue weighted by molar-refractivity contribution is 5.63. The molecule has 2 aromatic carbocycles. The Morgan fingerprint density at radius 2 is 1.71 bits per heavy atom. The first kappa shape index (κ1) is 15.0. The summed E-state index contributed by atoms with van der Waals surface area (Å²) in [6.45, 7) is 8.18. The van der Waals surface area contributed by atoms with Gasteiger partial charge in [0.2, 0.25) is 0 Å². The van der Waals surface area contributed by atoms with Crippen LogP contribution in [0.4, 0.5) is 11.4 Å². The third kappa shape index (κ3) is 3.21. The van der Waals surface area contributed by atoms with Crippen LogP contribution in [-0.2, 0) is 5.54 Å². The molecular weight excluding hydrogens is 264 g/mol. The number of hydrogen-bond donors (Lipinski definition) is 1. The quantitative estimate of drug-likeness (QED) is 0.661. The van der Waals surface area contributed by atoms with Gasteiger partial charge in [0.05, 0.1) is 10.5 Å². The van der Waals surface area contributed by atoms with Crippen molar-refractivity contribution >= 4 is 11.4 Å². The fourth-order valence-corrected chi connectivity index (χ4v) is 2.28. The summed E-state index contributed by atoms with van der Waals surface area (Å²) in [6.07, 6.45) is 0. The Morgan fingerprint density at radius 3 is 2.33 bits per heavy atom. The minimum absolute atomic E-state index is 0.0920. The molecule has 2 aromatic rings. The molecule has 0 unspecified atom stereocenters. The first-order valence-electron chi connectivity index (χ1n) is 6.90. The average molecular weight is 284 g/mol. The maximum Gasteiger partial charge on any atom is 0.292 e. The summed E-state index contributed by atoms with van der Waals surface area (Å²) in [4.78, 5) is 10.7. The number of hydrogen-bond acceptors (Lipinski definition) is 3. The molecule has 0 aliphatic carbocycles. The summed E-state index contributed by atoms with van der Waals surface area (Å²) in [7, 11) is 0. The number of rotatable bonds is 4.